The van der Waals surface area contributed by atoms with E-state index in [0.717, 1.165) is 29.2 Å². The first-order valence-corrected chi connectivity index (χ1v) is 8.39. The summed E-state index contributed by atoms with van der Waals surface area (Å²) in [6.07, 6.45) is 5.25. The molecule has 0 spiro atoms. The molecule has 1 amide bonds. The van der Waals surface area contributed by atoms with Crippen molar-refractivity contribution in [1.82, 2.24) is 15.2 Å². The molecule has 2 aromatic rings. The van der Waals surface area contributed by atoms with Crippen LogP contribution >= 0.6 is 0 Å². The standard InChI is InChI=1S/C17H21N3O2.C2H6/c1-3-8-20(9-10-21)17(22)16(18-2)11-13-12-19-15-7-5-4-6-14(13)15;1-2/h4-7,10-12,18-19H,3,8-9H2,1-2H3;1-2H3/b16-11+;. The van der Waals surface area contributed by atoms with E-state index in [9.17, 15) is 9.59 Å². The van der Waals surface area contributed by atoms with Crippen LogP contribution in [0.2, 0.25) is 0 Å². The highest BCUT2D eigenvalue weighted by atomic mass is 16.2. The molecule has 1 aromatic carbocycles. The lowest BCUT2D eigenvalue weighted by Gasteiger charge is -2.20. The van der Waals surface area contributed by atoms with E-state index in [2.05, 4.69) is 10.3 Å². The van der Waals surface area contributed by atoms with Crippen molar-refractivity contribution in [3.05, 3.63) is 41.7 Å². The molecule has 0 saturated carbocycles. The number of carbonyl (C=O) groups excluding carboxylic acids is 2. The first-order valence-electron chi connectivity index (χ1n) is 8.39. The number of aromatic amines is 1. The normalized spacial score (nSPS) is 10.8. The van der Waals surface area contributed by atoms with Gasteiger partial charge in [-0.05, 0) is 18.6 Å². The summed E-state index contributed by atoms with van der Waals surface area (Å²) >= 11 is 0. The summed E-state index contributed by atoms with van der Waals surface area (Å²) in [5.41, 5.74) is 2.44. The number of likely N-dealkylation sites (N-methyl/N-ethyl adjacent to an activating group) is 1. The second kappa shape index (κ2) is 10.3. The van der Waals surface area contributed by atoms with E-state index in [4.69, 9.17) is 0 Å². The number of amides is 1. The molecule has 0 aliphatic heterocycles. The summed E-state index contributed by atoms with van der Waals surface area (Å²) in [5.74, 6) is -0.165. The molecule has 0 aliphatic carbocycles. The van der Waals surface area contributed by atoms with Crippen molar-refractivity contribution in [2.45, 2.75) is 27.2 Å². The highest BCUT2D eigenvalue weighted by Crippen LogP contribution is 2.20. The third kappa shape index (κ3) is 4.72. The molecule has 2 N–H and O–H groups in total. The molecule has 1 heterocycles. The van der Waals surface area contributed by atoms with Crippen molar-refractivity contribution in [2.75, 3.05) is 20.1 Å². The number of hydrogen-bond donors (Lipinski definition) is 2. The van der Waals surface area contributed by atoms with Gasteiger partial charge in [-0.3, -0.25) is 4.79 Å². The van der Waals surface area contributed by atoms with Crippen LogP contribution in [0.15, 0.2) is 36.2 Å². The Labute approximate surface area is 143 Å². The maximum absolute atomic E-state index is 12.5. The first kappa shape index (κ1) is 19.5. The molecule has 5 heteroatoms. The molecule has 1 aromatic heterocycles. The number of fused-ring (bicyclic) bond motifs is 1. The monoisotopic (exact) mass is 329 g/mol. The fraction of sp³-hybridized carbons (Fsp3) is 0.368. The summed E-state index contributed by atoms with van der Waals surface area (Å²) in [7, 11) is 1.71. The van der Waals surface area contributed by atoms with E-state index in [-0.39, 0.29) is 12.5 Å². The zero-order valence-corrected chi connectivity index (χ0v) is 14.9. The number of rotatable bonds is 7. The Kier molecular flexibility index (Phi) is 8.33. The average Bonchev–Trinajstić information content (AvgIpc) is 3.03. The zero-order valence-electron chi connectivity index (χ0n) is 14.9. The predicted octanol–water partition coefficient (Wildman–Crippen LogP) is 3.19. The van der Waals surface area contributed by atoms with Crippen molar-refractivity contribution >= 4 is 29.2 Å². The maximum Gasteiger partial charge on any atom is 0.270 e. The number of hydrogen-bond acceptors (Lipinski definition) is 3. The number of nitrogens with one attached hydrogen (secondary N) is 2. The largest absolute Gasteiger partial charge is 0.384 e. The summed E-state index contributed by atoms with van der Waals surface area (Å²) in [5, 5.41) is 4.00. The SMILES string of the molecule is CC.CCCN(CC=O)C(=O)/C(=C\c1c[nH]c2ccccc12)NC. The third-order valence-electron chi connectivity index (χ3n) is 3.50. The molecule has 0 aliphatic rings. The molecule has 0 unspecified atom stereocenters. The number of aromatic nitrogens is 1. The second-order valence-electron chi connectivity index (χ2n) is 5.02. The molecule has 0 saturated heterocycles. The molecule has 5 nitrogen and oxygen atoms in total. The highest BCUT2D eigenvalue weighted by molar-refractivity contribution is 6.00. The fourth-order valence-electron chi connectivity index (χ4n) is 2.42. The van der Waals surface area contributed by atoms with Crippen molar-refractivity contribution in [1.29, 1.82) is 0 Å². The summed E-state index contributed by atoms with van der Waals surface area (Å²) < 4.78 is 0. The highest BCUT2D eigenvalue weighted by Gasteiger charge is 2.16. The van der Waals surface area contributed by atoms with Gasteiger partial charge in [0.2, 0.25) is 0 Å². The van der Waals surface area contributed by atoms with Gasteiger partial charge in [0.05, 0.1) is 6.54 Å². The van der Waals surface area contributed by atoms with Crippen molar-refractivity contribution in [3.8, 4) is 0 Å². The smallest absolute Gasteiger partial charge is 0.270 e. The van der Waals surface area contributed by atoms with E-state index in [0.29, 0.717) is 12.2 Å². The Hall–Kier alpha value is -2.56. The average molecular weight is 329 g/mol. The van der Waals surface area contributed by atoms with Gasteiger partial charge in [0.1, 0.15) is 12.0 Å². The van der Waals surface area contributed by atoms with E-state index in [1.54, 1.807) is 11.9 Å². The number of aldehydes is 1. The summed E-state index contributed by atoms with van der Waals surface area (Å²) in [6, 6.07) is 7.92. The fourth-order valence-corrected chi connectivity index (χ4v) is 2.42. The number of carbonyl (C=O) groups is 2. The van der Waals surface area contributed by atoms with Gasteiger partial charge in [0.15, 0.2) is 0 Å². The van der Waals surface area contributed by atoms with E-state index >= 15 is 0 Å². The van der Waals surface area contributed by atoms with Gasteiger partial charge in [-0.15, -0.1) is 0 Å². The van der Waals surface area contributed by atoms with Gasteiger partial charge < -0.3 is 20.0 Å². The number of H-pyrrole nitrogens is 1. The first-order chi connectivity index (χ1) is 11.7. The van der Waals surface area contributed by atoms with Crippen molar-refractivity contribution < 1.29 is 9.59 Å². The molecule has 130 valence electrons. The minimum atomic E-state index is -0.165. The van der Waals surface area contributed by atoms with Crippen LogP contribution in [0.1, 0.15) is 32.8 Å². The Morgan fingerprint density at radius 3 is 2.62 bits per heavy atom. The van der Waals surface area contributed by atoms with E-state index in [1.165, 1.54) is 0 Å². The van der Waals surface area contributed by atoms with Gasteiger partial charge >= 0.3 is 0 Å². The topological polar surface area (TPSA) is 65.2 Å². The van der Waals surface area contributed by atoms with E-state index < -0.39 is 0 Å². The van der Waals surface area contributed by atoms with Gasteiger partial charge in [0, 0.05) is 36.3 Å². The van der Waals surface area contributed by atoms with Gasteiger partial charge in [-0.1, -0.05) is 39.0 Å². The minimum Gasteiger partial charge on any atom is -0.384 e. The number of para-hydroxylation sites is 1. The lowest BCUT2D eigenvalue weighted by molar-refractivity contribution is -0.129. The van der Waals surface area contributed by atoms with Gasteiger partial charge in [-0.2, -0.15) is 0 Å². The Morgan fingerprint density at radius 1 is 1.29 bits per heavy atom. The second-order valence-corrected chi connectivity index (χ2v) is 5.02. The van der Waals surface area contributed by atoms with Crippen LogP contribution < -0.4 is 5.32 Å². The lowest BCUT2D eigenvalue weighted by Crippen LogP contribution is -2.37. The molecular formula is C19H27N3O2. The van der Waals surface area contributed by atoms with Gasteiger partial charge in [-0.25, -0.2) is 0 Å². The van der Waals surface area contributed by atoms with Crippen LogP contribution in [0.5, 0.6) is 0 Å². The summed E-state index contributed by atoms with van der Waals surface area (Å²) in [4.78, 5) is 28.0. The third-order valence-corrected chi connectivity index (χ3v) is 3.50. The Balaban J connectivity index is 0.00000139. The van der Waals surface area contributed by atoms with Crippen LogP contribution in [-0.2, 0) is 9.59 Å². The Morgan fingerprint density at radius 2 is 2.00 bits per heavy atom. The molecule has 2 rings (SSSR count). The molecule has 0 radical (unpaired) electrons. The van der Waals surface area contributed by atoms with Crippen molar-refractivity contribution in [3.63, 3.8) is 0 Å². The summed E-state index contributed by atoms with van der Waals surface area (Å²) in [6.45, 7) is 6.65. The lowest BCUT2D eigenvalue weighted by atomic mass is 10.1. The predicted molar refractivity (Wildman–Crippen MR) is 99.6 cm³/mol. The van der Waals surface area contributed by atoms with Crippen LogP contribution in [0, 0.1) is 0 Å². The van der Waals surface area contributed by atoms with Crippen LogP contribution in [0.25, 0.3) is 17.0 Å². The molecule has 24 heavy (non-hydrogen) atoms. The maximum atomic E-state index is 12.5. The zero-order chi connectivity index (χ0) is 17.9. The van der Waals surface area contributed by atoms with Crippen LogP contribution in [-0.4, -0.2) is 42.2 Å². The number of benzene rings is 1. The molecule has 0 bridgehead atoms. The van der Waals surface area contributed by atoms with E-state index in [1.807, 2.05) is 57.3 Å². The quantitative estimate of drug-likeness (QED) is 0.605. The van der Waals surface area contributed by atoms with Crippen molar-refractivity contribution in [2.24, 2.45) is 0 Å². The van der Waals surface area contributed by atoms with Crippen LogP contribution in [0.4, 0.5) is 0 Å². The minimum absolute atomic E-state index is 0.111. The Bertz CT molecular complexity index is 689. The molecule has 0 fully saturated rings. The van der Waals surface area contributed by atoms with Gasteiger partial charge in [0.25, 0.3) is 5.91 Å². The van der Waals surface area contributed by atoms with Crippen LogP contribution in [0.3, 0.4) is 0 Å². The number of nitrogens with zero attached hydrogens (tertiary/aromatic N) is 1. The molecular weight excluding hydrogens is 302 g/mol. The molecule has 0 atom stereocenters.